The number of carbonyl (C=O) groups excluding carboxylic acids is 2. The number of hydrogen-bond acceptors (Lipinski definition) is 9. The minimum Gasteiger partial charge on any atom is -0.491 e. The van der Waals surface area contributed by atoms with E-state index in [4.69, 9.17) is 15.0 Å². The summed E-state index contributed by atoms with van der Waals surface area (Å²) in [7, 11) is -4.17. The van der Waals surface area contributed by atoms with E-state index in [0.29, 0.717) is 55.7 Å². The minimum atomic E-state index is -4.17. The Morgan fingerprint density at radius 3 is 2.36 bits per heavy atom. The topological polar surface area (TPSA) is 158 Å². The average molecular weight is 672 g/mol. The first-order valence-electron chi connectivity index (χ1n) is 15.8. The Balaban J connectivity index is 1.27. The molecule has 0 spiro atoms. The van der Waals surface area contributed by atoms with Gasteiger partial charge in [-0.25, -0.2) is 17.2 Å². The van der Waals surface area contributed by atoms with Crippen LogP contribution in [0.5, 0.6) is 5.75 Å². The van der Waals surface area contributed by atoms with Crippen molar-refractivity contribution < 1.29 is 36.0 Å². The monoisotopic (exact) mass is 671 g/mol. The van der Waals surface area contributed by atoms with Gasteiger partial charge in [-0.15, -0.1) is 0 Å². The molecule has 1 aromatic heterocycles. The van der Waals surface area contributed by atoms with Crippen molar-refractivity contribution in [2.45, 2.75) is 106 Å². The van der Waals surface area contributed by atoms with Crippen LogP contribution in [0.15, 0.2) is 45.8 Å². The third-order valence-electron chi connectivity index (χ3n) is 9.57. The molecule has 3 saturated carbocycles. The molecule has 252 valence electrons. The molecule has 1 atom stereocenters. The van der Waals surface area contributed by atoms with Crippen LogP contribution in [-0.2, 0) is 32.3 Å². The number of benzene rings is 2. The molecule has 2 heterocycles. The summed E-state index contributed by atoms with van der Waals surface area (Å²) in [5, 5.41) is 6.87. The zero-order valence-corrected chi connectivity index (χ0v) is 27.6. The number of carbonyl (C=O) groups is 2. The maximum atomic E-state index is 15.6. The molecule has 3 aromatic rings. The van der Waals surface area contributed by atoms with E-state index in [9.17, 15) is 22.4 Å². The summed E-state index contributed by atoms with van der Waals surface area (Å²) < 4.78 is 67.8. The lowest BCUT2D eigenvalue weighted by atomic mass is 9.57. The number of nitrogens with zero attached hydrogens (tertiary/aromatic N) is 3. The van der Waals surface area contributed by atoms with Crippen LogP contribution in [0.3, 0.4) is 0 Å². The van der Waals surface area contributed by atoms with Gasteiger partial charge in [0.15, 0.2) is 15.5 Å². The van der Waals surface area contributed by atoms with Crippen molar-refractivity contribution in [1.29, 1.82) is 0 Å². The number of sulfone groups is 1. The van der Waals surface area contributed by atoms with Gasteiger partial charge in [0.25, 0.3) is 5.91 Å². The van der Waals surface area contributed by atoms with Crippen molar-refractivity contribution in [3.05, 3.63) is 65.1 Å². The Morgan fingerprint density at radius 2 is 1.79 bits per heavy atom. The summed E-state index contributed by atoms with van der Waals surface area (Å²) in [6.45, 7) is 6.45. The van der Waals surface area contributed by atoms with Gasteiger partial charge in [-0.3, -0.25) is 9.59 Å². The predicted octanol–water partition coefficient (Wildman–Crippen LogP) is 4.62. The number of amides is 2. The molecule has 7 rings (SSSR count). The number of nitrogens with one attached hydrogen (secondary N) is 1. The van der Waals surface area contributed by atoms with E-state index in [1.807, 2.05) is 13.8 Å². The summed E-state index contributed by atoms with van der Waals surface area (Å²) in [4.78, 5) is 32.4. The zero-order chi connectivity index (χ0) is 33.9. The molecule has 2 aromatic carbocycles. The van der Waals surface area contributed by atoms with Gasteiger partial charge in [-0.05, 0) is 96.0 Å². The Kier molecular flexibility index (Phi) is 8.18. The molecule has 3 fully saturated rings. The molecule has 3 N–H and O–H groups in total. The lowest BCUT2D eigenvalue weighted by Crippen LogP contribution is -2.58. The molecule has 11 nitrogen and oxygen atoms in total. The van der Waals surface area contributed by atoms with Crippen molar-refractivity contribution in [3.63, 3.8) is 0 Å². The van der Waals surface area contributed by atoms with Crippen LogP contribution in [0.2, 0.25) is 0 Å². The van der Waals surface area contributed by atoms with Gasteiger partial charge in [-0.1, -0.05) is 17.3 Å². The van der Waals surface area contributed by atoms with Gasteiger partial charge in [0, 0.05) is 11.0 Å². The summed E-state index contributed by atoms with van der Waals surface area (Å²) >= 11 is 0. The number of alkyl halides is 1. The fraction of sp³-hybridized carbons (Fsp3) is 0.515. The number of aromatic nitrogens is 2. The van der Waals surface area contributed by atoms with E-state index in [-0.39, 0.29) is 29.7 Å². The van der Waals surface area contributed by atoms with E-state index >= 15 is 4.39 Å². The van der Waals surface area contributed by atoms with Gasteiger partial charge < -0.3 is 25.2 Å². The Labute approximate surface area is 272 Å². The SMILES string of the molecule is CC(C)Oc1ccc(CN2C(=O)[C@@H](N)CS(=O)(=O)c3cc(F)c(C(=O)NC45CCC(c6nc(C(C)(C)F)no6)(CC4)CC5)cc32)cc1. The van der Waals surface area contributed by atoms with Gasteiger partial charge in [0.1, 0.15) is 11.6 Å². The van der Waals surface area contributed by atoms with E-state index in [2.05, 4.69) is 15.5 Å². The van der Waals surface area contributed by atoms with Crippen molar-refractivity contribution in [2.75, 3.05) is 10.7 Å². The third-order valence-corrected chi connectivity index (χ3v) is 11.4. The van der Waals surface area contributed by atoms with E-state index in [1.54, 1.807) is 24.3 Å². The lowest BCUT2D eigenvalue weighted by Gasteiger charge is -2.52. The molecule has 2 amide bonds. The molecule has 4 aliphatic rings. The molecule has 14 heteroatoms. The molecule has 1 aliphatic heterocycles. The smallest absolute Gasteiger partial charge is 0.254 e. The number of ether oxygens (including phenoxy) is 1. The Hall–Kier alpha value is -3.91. The molecule has 0 unspecified atom stereocenters. The first kappa shape index (κ1) is 33.0. The number of nitrogens with two attached hydrogens (primary N) is 1. The quantitative estimate of drug-likeness (QED) is 0.349. The molecular weight excluding hydrogens is 632 g/mol. The van der Waals surface area contributed by atoms with E-state index < -0.39 is 60.8 Å². The highest BCUT2D eigenvalue weighted by atomic mass is 32.2. The number of hydrogen-bond donors (Lipinski definition) is 2. The Bertz CT molecular complexity index is 1790. The van der Waals surface area contributed by atoms with Gasteiger partial charge in [0.2, 0.25) is 17.6 Å². The largest absolute Gasteiger partial charge is 0.491 e. The molecule has 0 saturated heterocycles. The summed E-state index contributed by atoms with van der Waals surface area (Å²) in [6, 6.07) is 7.51. The maximum absolute atomic E-state index is 15.6. The van der Waals surface area contributed by atoms with Crippen molar-refractivity contribution >= 4 is 27.3 Å². The molecule has 0 radical (unpaired) electrons. The number of rotatable bonds is 8. The lowest BCUT2D eigenvalue weighted by molar-refractivity contribution is -0.119. The Morgan fingerprint density at radius 1 is 1.15 bits per heavy atom. The highest BCUT2D eigenvalue weighted by molar-refractivity contribution is 7.91. The van der Waals surface area contributed by atoms with Crippen molar-refractivity contribution in [1.82, 2.24) is 15.5 Å². The first-order chi connectivity index (χ1) is 22.0. The summed E-state index contributed by atoms with van der Waals surface area (Å²) in [5.74, 6) is -2.09. The van der Waals surface area contributed by atoms with Crippen molar-refractivity contribution in [3.8, 4) is 5.75 Å². The normalized spacial score (nSPS) is 25.4. The zero-order valence-electron chi connectivity index (χ0n) is 26.8. The van der Waals surface area contributed by atoms with Crippen LogP contribution in [0.4, 0.5) is 14.5 Å². The second-order valence-corrected chi connectivity index (χ2v) is 15.8. The summed E-state index contributed by atoms with van der Waals surface area (Å²) in [5.41, 5.74) is 3.40. The second-order valence-electron chi connectivity index (χ2n) is 13.8. The van der Waals surface area contributed by atoms with E-state index in [0.717, 1.165) is 12.1 Å². The van der Waals surface area contributed by atoms with Crippen molar-refractivity contribution in [2.24, 2.45) is 5.73 Å². The van der Waals surface area contributed by atoms with Crippen LogP contribution < -0.4 is 20.7 Å². The van der Waals surface area contributed by atoms with Gasteiger partial charge >= 0.3 is 0 Å². The highest BCUT2D eigenvalue weighted by Gasteiger charge is 2.53. The van der Waals surface area contributed by atoms with Gasteiger partial charge in [0.05, 0.1) is 40.6 Å². The predicted molar refractivity (Wildman–Crippen MR) is 168 cm³/mol. The third kappa shape index (κ3) is 6.24. The number of fused-ring (bicyclic) bond motifs is 4. The maximum Gasteiger partial charge on any atom is 0.254 e. The number of anilines is 1. The van der Waals surface area contributed by atoms with Crippen LogP contribution >= 0.6 is 0 Å². The minimum absolute atomic E-state index is 0.0103. The fourth-order valence-electron chi connectivity index (χ4n) is 6.87. The molecule has 47 heavy (non-hydrogen) atoms. The molecule has 3 aliphatic carbocycles. The standard InChI is InChI=1S/C33H39F2N5O6S/c1-19(2)45-21-7-5-20(6-8-21)17-40-25-15-22(23(34)16-26(25)47(43,44)18-24(36)28(40)42)27(41)38-33-12-9-32(10-13-33,11-14-33)30-37-29(39-46-30)31(3,4)35/h5-8,15-16,19,24H,9-14,17-18,36H2,1-4H3,(H,38,41)/t24-,32?,33?/m0/s1. The van der Waals surface area contributed by atoms with Crippen LogP contribution in [0.1, 0.15) is 93.9 Å². The second kappa shape index (κ2) is 11.7. The first-order valence-corrected chi connectivity index (χ1v) is 17.4. The van der Waals surface area contributed by atoms with Crippen LogP contribution in [0.25, 0.3) is 0 Å². The molecular formula is C33H39F2N5O6S. The average Bonchev–Trinajstić information content (AvgIpc) is 3.51. The van der Waals surface area contributed by atoms with Crippen LogP contribution in [-0.4, -0.2) is 53.8 Å². The van der Waals surface area contributed by atoms with E-state index in [1.165, 1.54) is 18.7 Å². The molecule has 2 bridgehead atoms. The fourth-order valence-corrected chi connectivity index (χ4v) is 8.43. The number of halogens is 2. The summed E-state index contributed by atoms with van der Waals surface area (Å²) in [6.07, 6.45) is 3.42. The highest BCUT2D eigenvalue weighted by Crippen LogP contribution is 2.53. The van der Waals surface area contributed by atoms with Crippen LogP contribution in [0, 0.1) is 5.82 Å². The van der Waals surface area contributed by atoms with Gasteiger partial charge in [-0.2, -0.15) is 4.98 Å².